The highest BCUT2D eigenvalue weighted by atomic mass is 35.5. The summed E-state index contributed by atoms with van der Waals surface area (Å²) in [5.41, 5.74) is 1.11. The molecule has 1 amide bonds. The third kappa shape index (κ3) is 4.51. The molecule has 0 aliphatic carbocycles. The summed E-state index contributed by atoms with van der Waals surface area (Å²) in [7, 11) is 0. The van der Waals surface area contributed by atoms with E-state index < -0.39 is 5.60 Å². The minimum absolute atomic E-state index is 0.201. The van der Waals surface area contributed by atoms with E-state index in [9.17, 15) is 4.79 Å². The van der Waals surface area contributed by atoms with Crippen LogP contribution in [0.25, 0.3) is 11.0 Å². The summed E-state index contributed by atoms with van der Waals surface area (Å²) in [6.07, 6.45) is 1.36. The van der Waals surface area contributed by atoms with Crippen molar-refractivity contribution in [3.05, 3.63) is 29.4 Å². The molecule has 134 valence electrons. The van der Waals surface area contributed by atoms with Crippen molar-refractivity contribution in [3.63, 3.8) is 0 Å². The van der Waals surface area contributed by atoms with E-state index in [1.807, 2.05) is 45.0 Å². The number of nitrogens with one attached hydrogen (secondary N) is 1. The average Bonchev–Trinajstić information content (AvgIpc) is 2.54. The Bertz CT molecular complexity index is 767. The summed E-state index contributed by atoms with van der Waals surface area (Å²) in [6, 6.07) is 7.83. The van der Waals surface area contributed by atoms with Gasteiger partial charge in [-0.15, -0.1) is 0 Å². The fourth-order valence-electron chi connectivity index (χ4n) is 2.80. The fourth-order valence-corrected chi connectivity index (χ4v) is 2.98. The number of carbonyl (C=O) groups excluding carboxylic acids is 1. The number of amides is 1. The minimum atomic E-state index is -0.472. The minimum Gasteiger partial charge on any atom is -0.444 e. The SMILES string of the molecule is CC(C)(C)OC(=O)N1CCC(Nc2nc3ccccc3nc2Cl)CC1. The van der Waals surface area contributed by atoms with Gasteiger partial charge in [0.25, 0.3) is 0 Å². The Balaban J connectivity index is 1.61. The number of rotatable bonds is 2. The van der Waals surface area contributed by atoms with Crippen LogP contribution in [0.2, 0.25) is 5.15 Å². The van der Waals surface area contributed by atoms with Gasteiger partial charge in [-0.1, -0.05) is 23.7 Å². The van der Waals surface area contributed by atoms with Gasteiger partial charge in [-0.05, 0) is 45.7 Å². The first kappa shape index (κ1) is 17.7. The number of carbonyl (C=O) groups is 1. The van der Waals surface area contributed by atoms with Gasteiger partial charge in [0.05, 0.1) is 11.0 Å². The molecule has 3 rings (SSSR count). The molecule has 0 bridgehead atoms. The number of para-hydroxylation sites is 2. The molecule has 6 nitrogen and oxygen atoms in total. The fraction of sp³-hybridized carbons (Fsp3) is 0.500. The molecule has 1 aliphatic rings. The van der Waals surface area contributed by atoms with Crippen LogP contribution in [0.4, 0.5) is 10.6 Å². The lowest BCUT2D eigenvalue weighted by Crippen LogP contribution is -2.44. The molecule has 7 heteroatoms. The predicted octanol–water partition coefficient (Wildman–Crippen LogP) is 4.09. The third-order valence-electron chi connectivity index (χ3n) is 4.02. The van der Waals surface area contributed by atoms with Gasteiger partial charge in [0.2, 0.25) is 0 Å². The molecule has 2 aromatic rings. The van der Waals surface area contributed by atoms with Gasteiger partial charge in [-0.25, -0.2) is 14.8 Å². The van der Waals surface area contributed by atoms with Crippen LogP contribution in [0, 0.1) is 0 Å². The molecular formula is C18H23ClN4O2. The Morgan fingerprint density at radius 3 is 2.40 bits per heavy atom. The molecule has 0 radical (unpaired) electrons. The average molecular weight is 363 g/mol. The Labute approximate surface area is 152 Å². The van der Waals surface area contributed by atoms with Crippen molar-refractivity contribution < 1.29 is 9.53 Å². The summed E-state index contributed by atoms with van der Waals surface area (Å²) in [5.74, 6) is 0.594. The molecule has 1 fully saturated rings. The lowest BCUT2D eigenvalue weighted by atomic mass is 10.1. The maximum absolute atomic E-state index is 12.1. The van der Waals surface area contributed by atoms with Crippen molar-refractivity contribution in [3.8, 4) is 0 Å². The Morgan fingerprint density at radius 1 is 1.20 bits per heavy atom. The summed E-state index contributed by atoms with van der Waals surface area (Å²) in [4.78, 5) is 22.8. The van der Waals surface area contributed by atoms with Crippen LogP contribution in [0.3, 0.4) is 0 Å². The molecule has 1 saturated heterocycles. The first-order valence-electron chi connectivity index (χ1n) is 8.48. The van der Waals surface area contributed by atoms with Crippen molar-refractivity contribution >= 4 is 34.5 Å². The van der Waals surface area contributed by atoms with Crippen molar-refractivity contribution in [1.29, 1.82) is 0 Å². The van der Waals surface area contributed by atoms with E-state index in [4.69, 9.17) is 16.3 Å². The molecule has 0 atom stereocenters. The molecule has 1 aromatic heterocycles. The summed E-state index contributed by atoms with van der Waals surface area (Å²) < 4.78 is 5.42. The van der Waals surface area contributed by atoms with E-state index in [0.717, 1.165) is 23.9 Å². The van der Waals surface area contributed by atoms with Crippen LogP contribution in [-0.4, -0.2) is 45.7 Å². The van der Waals surface area contributed by atoms with Crippen molar-refractivity contribution in [2.24, 2.45) is 0 Å². The summed E-state index contributed by atoms with van der Waals surface area (Å²) in [5, 5.41) is 3.73. The van der Waals surface area contributed by atoms with Crippen LogP contribution in [-0.2, 0) is 4.74 Å². The van der Waals surface area contributed by atoms with Gasteiger partial charge in [-0.3, -0.25) is 0 Å². The highest BCUT2D eigenvalue weighted by Gasteiger charge is 2.27. The number of hydrogen-bond donors (Lipinski definition) is 1. The topological polar surface area (TPSA) is 67.3 Å². The van der Waals surface area contributed by atoms with E-state index in [1.165, 1.54) is 0 Å². The van der Waals surface area contributed by atoms with Gasteiger partial charge in [0.15, 0.2) is 11.0 Å². The zero-order valence-corrected chi connectivity index (χ0v) is 15.5. The molecule has 0 saturated carbocycles. The number of anilines is 1. The molecule has 1 N–H and O–H groups in total. The number of halogens is 1. The van der Waals surface area contributed by atoms with Gasteiger partial charge in [0, 0.05) is 19.1 Å². The van der Waals surface area contributed by atoms with Crippen molar-refractivity contribution in [2.45, 2.75) is 45.3 Å². The van der Waals surface area contributed by atoms with Crippen molar-refractivity contribution in [2.75, 3.05) is 18.4 Å². The summed E-state index contributed by atoms with van der Waals surface area (Å²) in [6.45, 7) is 6.91. The second-order valence-electron chi connectivity index (χ2n) is 7.24. The molecule has 1 aromatic carbocycles. The number of benzene rings is 1. The first-order chi connectivity index (χ1) is 11.8. The molecule has 0 spiro atoms. The molecule has 2 heterocycles. The standard InChI is InChI=1S/C18H23ClN4O2/c1-18(2,3)25-17(24)23-10-8-12(9-11-23)20-16-15(19)21-13-6-4-5-7-14(13)22-16/h4-7,12H,8-11H2,1-3H3,(H,20,22). The smallest absolute Gasteiger partial charge is 0.410 e. The number of hydrogen-bond acceptors (Lipinski definition) is 5. The zero-order valence-electron chi connectivity index (χ0n) is 14.8. The number of ether oxygens (including phenoxy) is 1. The molecular weight excluding hydrogens is 340 g/mol. The van der Waals surface area contributed by atoms with Gasteiger partial charge < -0.3 is 15.0 Å². The highest BCUT2D eigenvalue weighted by Crippen LogP contribution is 2.24. The van der Waals surface area contributed by atoms with E-state index >= 15 is 0 Å². The third-order valence-corrected chi connectivity index (χ3v) is 4.28. The maximum atomic E-state index is 12.1. The predicted molar refractivity (Wildman–Crippen MR) is 99.0 cm³/mol. The van der Waals surface area contributed by atoms with E-state index in [2.05, 4.69) is 15.3 Å². The normalized spacial score (nSPS) is 16.1. The van der Waals surface area contributed by atoms with E-state index in [-0.39, 0.29) is 12.1 Å². The van der Waals surface area contributed by atoms with Crippen LogP contribution in [0.5, 0.6) is 0 Å². The van der Waals surface area contributed by atoms with E-state index in [1.54, 1.807) is 4.90 Å². The number of piperidine rings is 1. The van der Waals surface area contributed by atoms with Crippen LogP contribution >= 0.6 is 11.6 Å². The van der Waals surface area contributed by atoms with Gasteiger partial charge in [-0.2, -0.15) is 0 Å². The Kier molecular flexibility index (Phi) is 4.99. The Hall–Kier alpha value is -2.08. The monoisotopic (exact) mass is 362 g/mol. The lowest BCUT2D eigenvalue weighted by Gasteiger charge is -2.34. The van der Waals surface area contributed by atoms with Crippen LogP contribution < -0.4 is 5.32 Å². The molecule has 0 unspecified atom stereocenters. The first-order valence-corrected chi connectivity index (χ1v) is 8.86. The van der Waals surface area contributed by atoms with E-state index in [0.29, 0.717) is 24.1 Å². The lowest BCUT2D eigenvalue weighted by molar-refractivity contribution is 0.0210. The number of aromatic nitrogens is 2. The highest BCUT2D eigenvalue weighted by molar-refractivity contribution is 6.32. The van der Waals surface area contributed by atoms with Gasteiger partial charge in [0.1, 0.15) is 5.60 Å². The number of nitrogens with zero attached hydrogens (tertiary/aromatic N) is 3. The maximum Gasteiger partial charge on any atom is 0.410 e. The van der Waals surface area contributed by atoms with Crippen LogP contribution in [0.1, 0.15) is 33.6 Å². The molecule has 25 heavy (non-hydrogen) atoms. The van der Waals surface area contributed by atoms with Crippen molar-refractivity contribution in [1.82, 2.24) is 14.9 Å². The molecule has 1 aliphatic heterocycles. The largest absolute Gasteiger partial charge is 0.444 e. The summed E-state index contributed by atoms with van der Waals surface area (Å²) >= 11 is 6.25. The number of fused-ring (bicyclic) bond motifs is 1. The second-order valence-corrected chi connectivity index (χ2v) is 7.60. The quantitative estimate of drug-likeness (QED) is 0.871. The Morgan fingerprint density at radius 2 is 1.80 bits per heavy atom. The second kappa shape index (κ2) is 7.04. The van der Waals surface area contributed by atoms with Crippen LogP contribution in [0.15, 0.2) is 24.3 Å². The number of likely N-dealkylation sites (tertiary alicyclic amines) is 1. The zero-order chi connectivity index (χ0) is 18.0. The van der Waals surface area contributed by atoms with Gasteiger partial charge >= 0.3 is 6.09 Å².